The lowest BCUT2D eigenvalue weighted by molar-refractivity contribution is 0.107. The Hall–Kier alpha value is -2.60. The maximum atomic E-state index is 8.63. The second-order valence-electron chi connectivity index (χ2n) is 4.38. The molecule has 6 nitrogen and oxygen atoms in total. The van der Waals surface area contributed by atoms with Crippen LogP contribution in [0.5, 0.6) is 5.75 Å². The van der Waals surface area contributed by atoms with E-state index in [1.165, 1.54) is 0 Å². The largest absolute Gasteiger partial charge is 0.497 e. The number of pyridine rings is 1. The van der Waals surface area contributed by atoms with E-state index in [0.717, 1.165) is 16.9 Å². The molecule has 0 saturated carbocycles. The van der Waals surface area contributed by atoms with Gasteiger partial charge >= 0.3 is 0 Å². The molecule has 0 saturated heterocycles. The van der Waals surface area contributed by atoms with Gasteiger partial charge in [0.2, 0.25) is 0 Å². The minimum absolute atomic E-state index is 0.0235. The fourth-order valence-corrected chi connectivity index (χ4v) is 1.80. The van der Waals surface area contributed by atoms with Crippen LogP contribution in [0, 0.1) is 0 Å². The van der Waals surface area contributed by atoms with Crippen molar-refractivity contribution >= 4 is 5.84 Å². The molecule has 2 rings (SSSR count). The molecule has 0 spiro atoms. The topological polar surface area (TPSA) is 90.0 Å². The summed E-state index contributed by atoms with van der Waals surface area (Å²) in [6.45, 7) is 0.879. The van der Waals surface area contributed by atoms with Crippen molar-refractivity contribution in [3.8, 4) is 5.75 Å². The maximum absolute atomic E-state index is 8.63. The molecule has 0 aliphatic heterocycles. The van der Waals surface area contributed by atoms with Crippen LogP contribution in [0.4, 0.5) is 0 Å². The number of hydrogen-bond acceptors (Lipinski definition) is 5. The van der Waals surface area contributed by atoms with Gasteiger partial charge in [0.25, 0.3) is 0 Å². The second-order valence-corrected chi connectivity index (χ2v) is 4.38. The van der Waals surface area contributed by atoms with Crippen LogP contribution in [0.15, 0.2) is 47.8 Å². The molecule has 2 aromatic rings. The molecule has 0 radical (unpaired) electrons. The predicted molar refractivity (Wildman–Crippen MR) is 78.2 cm³/mol. The van der Waals surface area contributed by atoms with E-state index < -0.39 is 0 Å². The Morgan fingerprint density at radius 3 is 2.71 bits per heavy atom. The quantitative estimate of drug-likeness (QED) is 0.366. The van der Waals surface area contributed by atoms with Crippen LogP contribution >= 0.6 is 0 Å². The molecule has 0 aliphatic rings. The van der Waals surface area contributed by atoms with Gasteiger partial charge in [-0.2, -0.15) is 0 Å². The van der Waals surface area contributed by atoms with Crippen LogP contribution in [0.25, 0.3) is 0 Å². The summed E-state index contributed by atoms with van der Waals surface area (Å²) in [6.07, 6.45) is 1.59. The van der Waals surface area contributed by atoms with Gasteiger partial charge < -0.3 is 20.4 Å². The molecule has 0 aliphatic carbocycles. The Labute approximate surface area is 122 Å². The third-order valence-corrected chi connectivity index (χ3v) is 2.87. The zero-order chi connectivity index (χ0) is 15.1. The summed E-state index contributed by atoms with van der Waals surface area (Å²) in [7, 11) is 1.63. The molecule has 1 heterocycles. The van der Waals surface area contributed by atoms with Gasteiger partial charge in [-0.3, -0.25) is 4.98 Å². The van der Waals surface area contributed by atoms with E-state index in [1.54, 1.807) is 19.4 Å². The standard InChI is InChI=1S/C15H17N3O3/c1-20-13-4-2-3-11(7-13)9-21-10-12-5-6-17-14(8-12)15(16)18-19/h2-8,19H,9-10H2,1H3,(H2,16,18). The van der Waals surface area contributed by atoms with Crippen LogP contribution < -0.4 is 10.5 Å². The summed E-state index contributed by atoms with van der Waals surface area (Å²) in [5, 5.41) is 11.6. The van der Waals surface area contributed by atoms with E-state index in [-0.39, 0.29) is 5.84 Å². The van der Waals surface area contributed by atoms with E-state index in [1.807, 2.05) is 30.3 Å². The highest BCUT2D eigenvalue weighted by molar-refractivity contribution is 5.95. The van der Waals surface area contributed by atoms with E-state index in [2.05, 4.69) is 10.1 Å². The third kappa shape index (κ3) is 4.19. The summed E-state index contributed by atoms with van der Waals surface area (Å²) in [4.78, 5) is 4.01. The summed E-state index contributed by atoms with van der Waals surface area (Å²) in [5.41, 5.74) is 7.84. The normalized spacial score (nSPS) is 11.4. The number of rotatable bonds is 6. The Morgan fingerprint density at radius 2 is 2.00 bits per heavy atom. The van der Waals surface area contributed by atoms with Gasteiger partial charge in [-0.15, -0.1) is 0 Å². The highest BCUT2D eigenvalue weighted by Gasteiger charge is 2.03. The van der Waals surface area contributed by atoms with Crippen molar-refractivity contribution in [1.82, 2.24) is 4.98 Å². The number of aromatic nitrogens is 1. The molecule has 1 aromatic heterocycles. The van der Waals surface area contributed by atoms with Crippen LogP contribution in [-0.4, -0.2) is 23.1 Å². The first-order valence-electron chi connectivity index (χ1n) is 6.36. The summed E-state index contributed by atoms with van der Waals surface area (Å²) in [5.74, 6) is 0.777. The number of nitrogens with zero attached hydrogens (tertiary/aromatic N) is 2. The number of amidine groups is 1. The summed E-state index contributed by atoms with van der Waals surface area (Å²) < 4.78 is 10.8. The molecular weight excluding hydrogens is 270 g/mol. The molecule has 1 aromatic carbocycles. The van der Waals surface area contributed by atoms with Crippen LogP contribution in [0.2, 0.25) is 0 Å². The first-order valence-corrected chi connectivity index (χ1v) is 6.36. The monoisotopic (exact) mass is 287 g/mol. The van der Waals surface area contributed by atoms with Gasteiger partial charge in [0.15, 0.2) is 5.84 Å². The number of methoxy groups -OCH3 is 1. The van der Waals surface area contributed by atoms with Gasteiger partial charge in [-0.05, 0) is 35.4 Å². The van der Waals surface area contributed by atoms with E-state index >= 15 is 0 Å². The van der Waals surface area contributed by atoms with Crippen LogP contribution in [0.3, 0.4) is 0 Å². The van der Waals surface area contributed by atoms with Crippen molar-refractivity contribution in [3.63, 3.8) is 0 Å². The Balaban J connectivity index is 1.94. The molecule has 0 atom stereocenters. The average molecular weight is 287 g/mol. The number of ether oxygens (including phenoxy) is 2. The number of hydrogen-bond donors (Lipinski definition) is 2. The lowest BCUT2D eigenvalue weighted by Gasteiger charge is -2.07. The van der Waals surface area contributed by atoms with E-state index in [4.69, 9.17) is 20.4 Å². The highest BCUT2D eigenvalue weighted by atomic mass is 16.5. The lowest BCUT2D eigenvalue weighted by atomic mass is 10.2. The minimum Gasteiger partial charge on any atom is -0.497 e. The second kappa shape index (κ2) is 7.25. The SMILES string of the molecule is COc1cccc(COCc2ccnc(C(N)=NO)c2)c1. The lowest BCUT2D eigenvalue weighted by Crippen LogP contribution is -2.15. The molecule has 3 N–H and O–H groups in total. The Morgan fingerprint density at radius 1 is 1.24 bits per heavy atom. The average Bonchev–Trinajstić information content (AvgIpc) is 2.54. The number of nitrogens with two attached hydrogens (primary N) is 1. The van der Waals surface area contributed by atoms with Gasteiger partial charge in [0.05, 0.1) is 20.3 Å². The Bertz CT molecular complexity index is 629. The van der Waals surface area contributed by atoms with Crippen molar-refractivity contribution in [2.24, 2.45) is 10.9 Å². The van der Waals surface area contributed by atoms with Gasteiger partial charge in [0.1, 0.15) is 11.4 Å². The Kier molecular flexibility index (Phi) is 5.11. The smallest absolute Gasteiger partial charge is 0.188 e. The number of oxime groups is 1. The van der Waals surface area contributed by atoms with Crippen LogP contribution in [-0.2, 0) is 18.0 Å². The zero-order valence-electron chi connectivity index (χ0n) is 11.7. The van der Waals surface area contributed by atoms with E-state index in [0.29, 0.717) is 18.9 Å². The van der Waals surface area contributed by atoms with Crippen molar-refractivity contribution < 1.29 is 14.7 Å². The first kappa shape index (κ1) is 14.8. The minimum atomic E-state index is -0.0235. The van der Waals surface area contributed by atoms with Gasteiger partial charge in [0, 0.05) is 6.20 Å². The van der Waals surface area contributed by atoms with Gasteiger partial charge in [-0.1, -0.05) is 17.3 Å². The fourth-order valence-electron chi connectivity index (χ4n) is 1.80. The molecule has 0 bridgehead atoms. The third-order valence-electron chi connectivity index (χ3n) is 2.87. The molecular formula is C15H17N3O3. The zero-order valence-corrected chi connectivity index (χ0v) is 11.7. The van der Waals surface area contributed by atoms with Crippen molar-refractivity contribution in [3.05, 3.63) is 59.4 Å². The molecule has 0 fully saturated rings. The fraction of sp³-hybridized carbons (Fsp3) is 0.200. The number of benzene rings is 1. The van der Waals surface area contributed by atoms with Gasteiger partial charge in [-0.25, -0.2) is 0 Å². The predicted octanol–water partition coefficient (Wildman–Crippen LogP) is 1.90. The molecule has 6 heteroatoms. The molecule has 0 amide bonds. The molecule has 21 heavy (non-hydrogen) atoms. The van der Waals surface area contributed by atoms with Crippen LogP contribution in [0.1, 0.15) is 16.8 Å². The first-order chi connectivity index (χ1) is 10.2. The summed E-state index contributed by atoms with van der Waals surface area (Å²) >= 11 is 0. The summed E-state index contributed by atoms with van der Waals surface area (Å²) in [6, 6.07) is 11.2. The van der Waals surface area contributed by atoms with Crippen molar-refractivity contribution in [1.29, 1.82) is 0 Å². The van der Waals surface area contributed by atoms with Crippen molar-refractivity contribution in [2.45, 2.75) is 13.2 Å². The van der Waals surface area contributed by atoms with E-state index in [9.17, 15) is 0 Å². The van der Waals surface area contributed by atoms with Crippen molar-refractivity contribution in [2.75, 3.05) is 7.11 Å². The highest BCUT2D eigenvalue weighted by Crippen LogP contribution is 2.14. The molecule has 0 unspecified atom stereocenters. The molecule has 110 valence electrons. The maximum Gasteiger partial charge on any atom is 0.188 e.